The quantitative estimate of drug-likeness (QED) is 0.570. The number of aromatic nitrogens is 3. The van der Waals surface area contributed by atoms with Gasteiger partial charge in [-0.1, -0.05) is 24.0 Å². The molecule has 8 heteroatoms. The van der Waals surface area contributed by atoms with Gasteiger partial charge in [0.1, 0.15) is 15.7 Å². The highest BCUT2D eigenvalue weighted by molar-refractivity contribution is 8.26. The molecule has 0 aromatic carbocycles. The molecule has 0 unspecified atom stereocenters. The maximum absolute atomic E-state index is 11.7. The molecule has 1 N–H and O–H groups in total. The van der Waals surface area contributed by atoms with Crippen molar-refractivity contribution in [1.82, 2.24) is 20.1 Å². The van der Waals surface area contributed by atoms with Crippen molar-refractivity contribution in [2.75, 3.05) is 0 Å². The normalized spacial score (nSPS) is 16.5. The van der Waals surface area contributed by atoms with Gasteiger partial charge in [-0.2, -0.15) is 5.10 Å². The Morgan fingerprint density at radius 2 is 2.26 bits per heavy atom. The van der Waals surface area contributed by atoms with Gasteiger partial charge in [0, 0.05) is 48.2 Å². The minimum Gasteiger partial charge on any atom is -0.456 e. The highest BCUT2D eigenvalue weighted by Gasteiger charge is 2.23. The van der Waals surface area contributed by atoms with Crippen LogP contribution in [0.25, 0.3) is 28.2 Å². The van der Waals surface area contributed by atoms with E-state index >= 15 is 0 Å². The molecule has 1 saturated heterocycles. The number of hydrogen-bond donors (Lipinski definition) is 1. The molecule has 23 heavy (non-hydrogen) atoms. The van der Waals surface area contributed by atoms with Crippen LogP contribution in [0, 0.1) is 0 Å². The van der Waals surface area contributed by atoms with Crippen molar-refractivity contribution in [3.63, 3.8) is 0 Å². The molecular weight excluding hydrogens is 332 g/mol. The predicted molar refractivity (Wildman–Crippen MR) is 92.5 cm³/mol. The summed E-state index contributed by atoms with van der Waals surface area (Å²) in [6, 6.07) is 1.85. The first-order valence-corrected chi connectivity index (χ1v) is 7.94. The van der Waals surface area contributed by atoms with E-state index in [1.54, 1.807) is 29.3 Å². The number of carbonyl (C=O) groups is 1. The van der Waals surface area contributed by atoms with Crippen molar-refractivity contribution in [2.24, 2.45) is 7.05 Å². The number of nitrogens with one attached hydrogen (secondary N) is 1. The number of furan rings is 1. The SMILES string of the molecule is Cn1cc(-c2cncc3cc(C=C4SC(=S)NC4=O)oc23)cn1. The lowest BCUT2D eigenvalue weighted by atomic mass is 10.1. The Kier molecular flexibility index (Phi) is 3.28. The summed E-state index contributed by atoms with van der Waals surface area (Å²) in [6.45, 7) is 0. The first kappa shape index (κ1) is 14.2. The standard InChI is InChI=1S/C15H10N4O2S2/c1-19-7-9(5-17-19)11-6-16-4-8-2-10(21-13(8)11)3-12-14(20)18-15(22)23-12/h2-7H,1H3,(H,18,20,22). The third-order valence-electron chi connectivity index (χ3n) is 3.37. The van der Waals surface area contributed by atoms with Gasteiger partial charge in [0.2, 0.25) is 0 Å². The van der Waals surface area contributed by atoms with E-state index in [-0.39, 0.29) is 5.91 Å². The number of hydrogen-bond acceptors (Lipinski definition) is 6. The first-order valence-electron chi connectivity index (χ1n) is 6.71. The van der Waals surface area contributed by atoms with E-state index in [4.69, 9.17) is 16.6 Å². The molecule has 1 aliphatic heterocycles. The summed E-state index contributed by atoms with van der Waals surface area (Å²) < 4.78 is 8.09. The van der Waals surface area contributed by atoms with E-state index in [2.05, 4.69) is 15.4 Å². The number of thiocarbonyl (C=S) groups is 1. The number of aryl methyl sites for hydroxylation is 1. The molecule has 4 heterocycles. The average molecular weight is 342 g/mol. The van der Waals surface area contributed by atoms with E-state index in [1.165, 1.54) is 11.8 Å². The average Bonchev–Trinajstić information content (AvgIpc) is 3.18. The summed E-state index contributed by atoms with van der Waals surface area (Å²) in [5.74, 6) is 0.381. The summed E-state index contributed by atoms with van der Waals surface area (Å²) in [6.07, 6.45) is 8.82. The van der Waals surface area contributed by atoms with E-state index in [1.807, 2.05) is 19.3 Å². The van der Waals surface area contributed by atoms with Gasteiger partial charge in [-0.3, -0.25) is 14.5 Å². The second kappa shape index (κ2) is 5.32. The zero-order valence-electron chi connectivity index (χ0n) is 11.9. The lowest BCUT2D eigenvalue weighted by Gasteiger charge is -1.97. The summed E-state index contributed by atoms with van der Waals surface area (Å²) in [5.41, 5.74) is 2.50. The highest BCUT2D eigenvalue weighted by atomic mass is 32.2. The summed E-state index contributed by atoms with van der Waals surface area (Å²) >= 11 is 6.21. The maximum Gasteiger partial charge on any atom is 0.263 e. The second-order valence-corrected chi connectivity index (χ2v) is 6.73. The van der Waals surface area contributed by atoms with Gasteiger partial charge in [0.15, 0.2) is 0 Å². The molecule has 0 bridgehead atoms. The smallest absolute Gasteiger partial charge is 0.263 e. The molecule has 0 aliphatic carbocycles. The molecule has 1 aliphatic rings. The molecule has 0 radical (unpaired) electrons. The van der Waals surface area contributed by atoms with E-state index in [0.717, 1.165) is 16.5 Å². The molecule has 3 aromatic heterocycles. The molecule has 0 saturated carbocycles. The van der Waals surface area contributed by atoms with Crippen molar-refractivity contribution in [2.45, 2.75) is 0 Å². The Labute approximate surface area is 140 Å². The van der Waals surface area contributed by atoms with Crippen LogP contribution in [0.3, 0.4) is 0 Å². The van der Waals surface area contributed by atoms with E-state index in [0.29, 0.717) is 20.6 Å². The molecule has 6 nitrogen and oxygen atoms in total. The minimum absolute atomic E-state index is 0.203. The number of fused-ring (bicyclic) bond motifs is 1. The number of thioether (sulfide) groups is 1. The maximum atomic E-state index is 11.7. The lowest BCUT2D eigenvalue weighted by molar-refractivity contribution is -0.115. The molecule has 4 rings (SSSR count). The van der Waals surface area contributed by atoms with Gasteiger partial charge in [0.05, 0.1) is 11.1 Å². The van der Waals surface area contributed by atoms with Crippen LogP contribution in [0.5, 0.6) is 0 Å². The Hall–Kier alpha value is -2.45. The first-order chi connectivity index (χ1) is 11.1. The summed E-state index contributed by atoms with van der Waals surface area (Å²) in [4.78, 5) is 16.5. The van der Waals surface area contributed by atoms with Gasteiger partial charge in [0.25, 0.3) is 5.91 Å². The van der Waals surface area contributed by atoms with Crippen molar-refractivity contribution >= 4 is 51.3 Å². The number of rotatable bonds is 2. The fourth-order valence-electron chi connectivity index (χ4n) is 2.37. The Morgan fingerprint density at radius 3 is 2.96 bits per heavy atom. The Balaban J connectivity index is 1.81. The third kappa shape index (κ3) is 2.55. The zero-order valence-corrected chi connectivity index (χ0v) is 13.6. The molecule has 0 atom stereocenters. The van der Waals surface area contributed by atoms with Crippen LogP contribution in [0.2, 0.25) is 0 Å². The number of nitrogens with zero attached hydrogens (tertiary/aromatic N) is 3. The van der Waals surface area contributed by atoms with Crippen molar-refractivity contribution < 1.29 is 9.21 Å². The van der Waals surface area contributed by atoms with Crippen molar-refractivity contribution in [1.29, 1.82) is 0 Å². The van der Waals surface area contributed by atoms with Crippen LogP contribution in [-0.4, -0.2) is 25.0 Å². The highest BCUT2D eigenvalue weighted by Crippen LogP contribution is 2.32. The molecule has 1 fully saturated rings. The third-order valence-corrected chi connectivity index (χ3v) is 4.54. The van der Waals surface area contributed by atoms with Crippen LogP contribution in [0.4, 0.5) is 0 Å². The van der Waals surface area contributed by atoms with Gasteiger partial charge in [-0.15, -0.1) is 0 Å². The predicted octanol–water partition coefficient (Wildman–Crippen LogP) is 2.72. The number of pyridine rings is 1. The summed E-state index contributed by atoms with van der Waals surface area (Å²) in [5, 5.41) is 7.62. The van der Waals surface area contributed by atoms with Crippen molar-refractivity contribution in [3.8, 4) is 11.1 Å². The monoisotopic (exact) mass is 342 g/mol. The molecule has 3 aromatic rings. The Bertz CT molecular complexity index is 986. The van der Waals surface area contributed by atoms with Crippen LogP contribution in [-0.2, 0) is 11.8 Å². The number of carbonyl (C=O) groups excluding carboxylic acids is 1. The zero-order chi connectivity index (χ0) is 16.0. The fraction of sp³-hybridized carbons (Fsp3) is 0.0667. The van der Waals surface area contributed by atoms with Gasteiger partial charge >= 0.3 is 0 Å². The fourth-order valence-corrected chi connectivity index (χ4v) is 3.39. The van der Waals surface area contributed by atoms with Crippen molar-refractivity contribution in [3.05, 3.63) is 41.5 Å². The molecule has 0 spiro atoms. The van der Waals surface area contributed by atoms with Gasteiger partial charge < -0.3 is 9.73 Å². The van der Waals surface area contributed by atoms with Crippen LogP contribution >= 0.6 is 24.0 Å². The molecular formula is C15H10N4O2S2. The largest absolute Gasteiger partial charge is 0.456 e. The Morgan fingerprint density at radius 1 is 1.39 bits per heavy atom. The molecule has 114 valence electrons. The van der Waals surface area contributed by atoms with E-state index in [9.17, 15) is 4.79 Å². The van der Waals surface area contributed by atoms with Crippen LogP contribution in [0.15, 0.2) is 40.2 Å². The lowest BCUT2D eigenvalue weighted by Crippen LogP contribution is -2.17. The van der Waals surface area contributed by atoms with Crippen LogP contribution in [0.1, 0.15) is 5.76 Å². The topological polar surface area (TPSA) is 73.0 Å². The van der Waals surface area contributed by atoms with E-state index < -0.39 is 0 Å². The number of amides is 1. The van der Waals surface area contributed by atoms with Gasteiger partial charge in [-0.25, -0.2) is 0 Å². The van der Waals surface area contributed by atoms with Crippen LogP contribution < -0.4 is 5.32 Å². The molecule has 1 amide bonds. The minimum atomic E-state index is -0.203. The second-order valence-electron chi connectivity index (χ2n) is 5.01. The summed E-state index contributed by atoms with van der Waals surface area (Å²) in [7, 11) is 1.86. The van der Waals surface area contributed by atoms with Gasteiger partial charge in [-0.05, 0) is 6.07 Å².